The number of hydrogen-bond donors (Lipinski definition) is 0. The van der Waals surface area contributed by atoms with E-state index < -0.39 is 0 Å². The Labute approximate surface area is 126 Å². The molecular formula is C17H13ClOS. The van der Waals surface area contributed by atoms with Gasteiger partial charge in [-0.2, -0.15) is 0 Å². The lowest BCUT2D eigenvalue weighted by atomic mass is 10.0. The van der Waals surface area contributed by atoms with Crippen LogP contribution in [-0.2, 0) is 6.42 Å². The van der Waals surface area contributed by atoms with Gasteiger partial charge < -0.3 is 4.74 Å². The second-order valence-electron chi connectivity index (χ2n) is 5.06. The summed E-state index contributed by atoms with van der Waals surface area (Å²) in [5.41, 5.74) is 2.44. The summed E-state index contributed by atoms with van der Waals surface area (Å²) in [7, 11) is 0. The minimum Gasteiger partial charge on any atom is -0.488 e. The van der Waals surface area contributed by atoms with Crippen molar-refractivity contribution in [2.45, 2.75) is 17.9 Å². The van der Waals surface area contributed by atoms with Crippen LogP contribution >= 0.6 is 22.9 Å². The standard InChI is InChI=1S/C17H13ClOS/c18-17(13-10-20-16-8-4-2-6-12(13)16)15-9-11-5-1-3-7-14(11)19-15/h1-8,10,15,17H,9H2. The topological polar surface area (TPSA) is 9.23 Å². The lowest BCUT2D eigenvalue weighted by Gasteiger charge is -2.17. The molecule has 0 fully saturated rings. The first-order valence-corrected chi connectivity index (χ1v) is 7.99. The number of hydrogen-bond acceptors (Lipinski definition) is 2. The number of benzene rings is 2. The van der Waals surface area contributed by atoms with Crippen LogP contribution in [0, 0.1) is 0 Å². The highest BCUT2D eigenvalue weighted by Gasteiger charge is 2.31. The largest absolute Gasteiger partial charge is 0.488 e. The Bertz CT molecular complexity index is 739. The summed E-state index contributed by atoms with van der Waals surface area (Å²) >= 11 is 8.45. The van der Waals surface area contributed by atoms with Crippen molar-refractivity contribution in [2.24, 2.45) is 0 Å². The quantitative estimate of drug-likeness (QED) is 0.592. The van der Waals surface area contributed by atoms with Crippen molar-refractivity contribution in [3.8, 4) is 5.75 Å². The highest BCUT2D eigenvalue weighted by molar-refractivity contribution is 7.17. The van der Waals surface area contributed by atoms with Crippen molar-refractivity contribution in [3.63, 3.8) is 0 Å². The van der Waals surface area contributed by atoms with Gasteiger partial charge in [0.2, 0.25) is 0 Å². The van der Waals surface area contributed by atoms with Crippen LogP contribution in [0.3, 0.4) is 0 Å². The highest BCUT2D eigenvalue weighted by atomic mass is 35.5. The summed E-state index contributed by atoms with van der Waals surface area (Å²) in [4.78, 5) is 0. The maximum Gasteiger partial charge on any atom is 0.123 e. The van der Waals surface area contributed by atoms with Crippen LogP contribution in [0.1, 0.15) is 16.5 Å². The van der Waals surface area contributed by atoms with Crippen molar-refractivity contribution in [1.82, 2.24) is 0 Å². The number of halogens is 1. The molecule has 0 amide bonds. The molecule has 0 bridgehead atoms. The van der Waals surface area contributed by atoms with E-state index in [-0.39, 0.29) is 11.5 Å². The lowest BCUT2D eigenvalue weighted by Crippen LogP contribution is -2.19. The molecule has 1 nitrogen and oxygen atoms in total. The smallest absolute Gasteiger partial charge is 0.123 e. The summed E-state index contributed by atoms with van der Waals surface area (Å²) in [5.74, 6) is 0.975. The fourth-order valence-electron chi connectivity index (χ4n) is 2.78. The molecule has 3 heteroatoms. The maximum atomic E-state index is 6.70. The van der Waals surface area contributed by atoms with Crippen LogP contribution in [0.15, 0.2) is 53.9 Å². The average molecular weight is 301 g/mol. The second kappa shape index (κ2) is 4.80. The molecule has 0 saturated carbocycles. The van der Waals surface area contributed by atoms with Gasteiger partial charge in [0.15, 0.2) is 0 Å². The molecule has 0 N–H and O–H groups in total. The van der Waals surface area contributed by atoms with E-state index in [2.05, 4.69) is 35.7 Å². The molecule has 20 heavy (non-hydrogen) atoms. The Morgan fingerprint density at radius 2 is 1.90 bits per heavy atom. The summed E-state index contributed by atoms with van der Waals surface area (Å²) in [5, 5.41) is 3.30. The Morgan fingerprint density at radius 3 is 2.80 bits per heavy atom. The normalized spacial score (nSPS) is 18.8. The van der Waals surface area contributed by atoms with Crippen molar-refractivity contribution in [1.29, 1.82) is 0 Å². The predicted octanol–water partition coefficient (Wildman–Crippen LogP) is 5.18. The fraction of sp³-hybridized carbons (Fsp3) is 0.176. The third-order valence-corrected chi connectivity index (χ3v) is 5.30. The van der Waals surface area contributed by atoms with Crippen molar-refractivity contribution < 1.29 is 4.74 Å². The first kappa shape index (κ1) is 12.2. The second-order valence-corrected chi connectivity index (χ2v) is 6.44. The van der Waals surface area contributed by atoms with Crippen molar-refractivity contribution >= 4 is 33.0 Å². The molecule has 100 valence electrons. The summed E-state index contributed by atoms with van der Waals surface area (Å²) < 4.78 is 7.30. The van der Waals surface area contributed by atoms with E-state index in [0.717, 1.165) is 12.2 Å². The zero-order chi connectivity index (χ0) is 13.5. The summed E-state index contributed by atoms with van der Waals surface area (Å²) in [6, 6.07) is 16.6. The zero-order valence-electron chi connectivity index (χ0n) is 10.8. The van der Waals surface area contributed by atoms with Gasteiger partial charge in [0, 0.05) is 11.1 Å². The molecule has 0 radical (unpaired) electrons. The lowest BCUT2D eigenvalue weighted by molar-refractivity contribution is 0.228. The SMILES string of the molecule is ClC(c1csc2ccccc12)C1Cc2ccccc2O1. The third kappa shape index (κ3) is 1.91. The molecule has 2 unspecified atom stereocenters. The Kier molecular flexibility index (Phi) is 2.94. The zero-order valence-corrected chi connectivity index (χ0v) is 12.3. The number of thiophene rings is 1. The molecule has 0 saturated heterocycles. The predicted molar refractivity (Wildman–Crippen MR) is 85.0 cm³/mol. The summed E-state index contributed by atoms with van der Waals surface area (Å²) in [6.45, 7) is 0. The van der Waals surface area contributed by atoms with Crippen molar-refractivity contribution in [2.75, 3.05) is 0 Å². The van der Waals surface area contributed by atoms with E-state index in [0.29, 0.717) is 0 Å². The van der Waals surface area contributed by atoms with E-state index in [9.17, 15) is 0 Å². The van der Waals surface area contributed by atoms with E-state index in [4.69, 9.17) is 16.3 Å². The molecule has 3 aromatic rings. The number of rotatable bonds is 2. The van der Waals surface area contributed by atoms with Gasteiger partial charge in [0.05, 0.1) is 5.38 Å². The van der Waals surface area contributed by atoms with Crippen LogP contribution in [-0.4, -0.2) is 6.10 Å². The number of alkyl halides is 1. The molecule has 2 aromatic carbocycles. The Balaban J connectivity index is 1.67. The van der Waals surface area contributed by atoms with Crippen LogP contribution in [0.2, 0.25) is 0 Å². The van der Waals surface area contributed by atoms with E-state index in [1.165, 1.54) is 21.2 Å². The molecule has 0 spiro atoms. The molecule has 2 atom stereocenters. The molecule has 1 aromatic heterocycles. The molecule has 0 aliphatic carbocycles. The minimum absolute atomic E-state index is 0.0204. The van der Waals surface area contributed by atoms with E-state index in [1.807, 2.05) is 18.2 Å². The van der Waals surface area contributed by atoms with Gasteiger partial charge in [0.1, 0.15) is 11.9 Å². The first-order valence-electron chi connectivity index (χ1n) is 6.68. The fourth-order valence-corrected chi connectivity index (χ4v) is 4.18. The van der Waals surface area contributed by atoms with Crippen LogP contribution in [0.4, 0.5) is 0 Å². The van der Waals surface area contributed by atoms with E-state index >= 15 is 0 Å². The van der Waals surface area contributed by atoms with Gasteiger partial charge in [-0.25, -0.2) is 0 Å². The van der Waals surface area contributed by atoms with Crippen LogP contribution in [0.25, 0.3) is 10.1 Å². The molecular weight excluding hydrogens is 288 g/mol. The van der Waals surface area contributed by atoms with Crippen LogP contribution < -0.4 is 4.74 Å². The highest BCUT2D eigenvalue weighted by Crippen LogP contribution is 2.41. The van der Waals surface area contributed by atoms with Gasteiger partial charge in [0.25, 0.3) is 0 Å². The number of ether oxygens (including phenoxy) is 1. The third-order valence-electron chi connectivity index (χ3n) is 3.81. The molecule has 4 rings (SSSR count). The molecule has 1 aliphatic rings. The summed E-state index contributed by atoms with van der Waals surface area (Å²) in [6.07, 6.45) is 0.904. The van der Waals surface area contributed by atoms with Gasteiger partial charge in [-0.1, -0.05) is 36.4 Å². The van der Waals surface area contributed by atoms with Gasteiger partial charge in [-0.05, 0) is 34.0 Å². The van der Waals surface area contributed by atoms with Crippen LogP contribution in [0.5, 0.6) is 5.75 Å². The minimum atomic E-state index is -0.112. The number of para-hydroxylation sites is 1. The van der Waals surface area contributed by atoms with E-state index in [1.54, 1.807) is 11.3 Å². The van der Waals surface area contributed by atoms with Gasteiger partial charge >= 0.3 is 0 Å². The van der Waals surface area contributed by atoms with Gasteiger partial charge in [-0.15, -0.1) is 22.9 Å². The van der Waals surface area contributed by atoms with Crippen molar-refractivity contribution in [3.05, 3.63) is 65.0 Å². The maximum absolute atomic E-state index is 6.70. The molecule has 2 heterocycles. The van der Waals surface area contributed by atoms with Gasteiger partial charge in [-0.3, -0.25) is 0 Å². The first-order chi connectivity index (χ1) is 9.83. The Morgan fingerprint density at radius 1 is 1.10 bits per heavy atom. The average Bonchev–Trinajstić information content (AvgIpc) is 3.10. The molecule has 1 aliphatic heterocycles. The number of fused-ring (bicyclic) bond motifs is 2. The Hall–Kier alpha value is -1.51. The monoisotopic (exact) mass is 300 g/mol.